The lowest BCUT2D eigenvalue weighted by Gasteiger charge is -2.04. The van der Waals surface area contributed by atoms with Gasteiger partial charge in [0, 0.05) is 18.3 Å². The molecule has 0 saturated heterocycles. The number of anilines is 1. The summed E-state index contributed by atoms with van der Waals surface area (Å²) in [7, 11) is 3.80. The first-order chi connectivity index (χ1) is 9.47. The first-order valence-corrected chi connectivity index (χ1v) is 5.94. The van der Waals surface area contributed by atoms with Gasteiger partial charge >= 0.3 is 5.76 Å². The van der Waals surface area contributed by atoms with Crippen LogP contribution in [-0.2, 0) is 4.79 Å². The molecular weight excluding hydrogens is 262 g/mol. The van der Waals surface area contributed by atoms with Crippen molar-refractivity contribution in [1.29, 1.82) is 0 Å². The number of likely N-dealkylation sites (N-methyl/N-ethyl adjacent to an activating group) is 1. The van der Waals surface area contributed by atoms with Crippen LogP contribution in [0.4, 0.5) is 5.69 Å². The van der Waals surface area contributed by atoms with Gasteiger partial charge in [-0.1, -0.05) is 6.08 Å². The third-order valence-corrected chi connectivity index (χ3v) is 2.56. The lowest BCUT2D eigenvalue weighted by molar-refractivity contribution is -0.111. The Morgan fingerprint density at radius 3 is 2.95 bits per heavy atom. The van der Waals surface area contributed by atoms with E-state index in [9.17, 15) is 14.8 Å². The van der Waals surface area contributed by atoms with E-state index in [1.807, 2.05) is 19.0 Å². The summed E-state index contributed by atoms with van der Waals surface area (Å²) in [6.07, 6.45) is 3.15. The number of nitrogens with one attached hydrogen (secondary N) is 1. The molecule has 1 aromatic heterocycles. The topological polar surface area (TPSA) is 87.7 Å². The second-order valence-corrected chi connectivity index (χ2v) is 4.52. The number of amides is 1. The maximum Gasteiger partial charge on any atom is 0.453 e. The normalized spacial score (nSPS) is 11.6. The third kappa shape index (κ3) is 3.07. The van der Waals surface area contributed by atoms with E-state index in [0.717, 1.165) is 0 Å². The molecule has 0 atom stereocenters. The molecule has 0 aliphatic carbocycles. The average molecular weight is 277 g/mol. The van der Waals surface area contributed by atoms with Gasteiger partial charge in [-0.2, -0.15) is 0 Å². The van der Waals surface area contributed by atoms with Gasteiger partial charge in [-0.15, -0.1) is 4.73 Å². The van der Waals surface area contributed by atoms with Crippen LogP contribution in [0.3, 0.4) is 0 Å². The molecule has 0 unspecified atom stereocenters. The van der Waals surface area contributed by atoms with Gasteiger partial charge < -0.3 is 19.8 Å². The quantitative estimate of drug-likeness (QED) is 0.640. The molecule has 0 bridgehead atoms. The zero-order valence-corrected chi connectivity index (χ0v) is 11.2. The zero-order chi connectivity index (χ0) is 14.7. The second kappa shape index (κ2) is 5.62. The Balaban J connectivity index is 2.14. The molecule has 2 aromatic rings. The molecule has 1 aromatic carbocycles. The second-order valence-electron chi connectivity index (χ2n) is 4.52. The van der Waals surface area contributed by atoms with Crippen molar-refractivity contribution in [2.75, 3.05) is 26.0 Å². The Morgan fingerprint density at radius 1 is 1.50 bits per heavy atom. The Morgan fingerprint density at radius 2 is 2.25 bits per heavy atom. The average Bonchev–Trinajstić information content (AvgIpc) is 2.65. The summed E-state index contributed by atoms with van der Waals surface area (Å²) in [6, 6.07) is 4.55. The van der Waals surface area contributed by atoms with E-state index in [-0.39, 0.29) is 17.0 Å². The number of rotatable bonds is 4. The molecule has 0 aliphatic rings. The highest BCUT2D eigenvalue weighted by molar-refractivity contribution is 6.00. The number of aromatic nitrogens is 1. The molecule has 1 heterocycles. The largest absolute Gasteiger partial charge is 0.453 e. The van der Waals surface area contributed by atoms with Crippen molar-refractivity contribution in [1.82, 2.24) is 9.63 Å². The number of carbonyl (C=O) groups excluding carboxylic acids is 1. The summed E-state index contributed by atoms with van der Waals surface area (Å²) >= 11 is 0. The van der Waals surface area contributed by atoms with Gasteiger partial charge in [0.1, 0.15) is 5.52 Å². The summed E-state index contributed by atoms with van der Waals surface area (Å²) in [5, 5.41) is 12.1. The Kier molecular flexibility index (Phi) is 3.90. The number of fused-ring (bicyclic) bond motifs is 1. The van der Waals surface area contributed by atoms with Gasteiger partial charge in [-0.25, -0.2) is 4.79 Å². The van der Waals surface area contributed by atoms with Gasteiger partial charge in [0.25, 0.3) is 0 Å². The van der Waals surface area contributed by atoms with E-state index < -0.39 is 5.76 Å². The van der Waals surface area contributed by atoms with E-state index in [1.165, 1.54) is 18.2 Å². The third-order valence-electron chi connectivity index (χ3n) is 2.56. The van der Waals surface area contributed by atoms with Crippen molar-refractivity contribution in [2.45, 2.75) is 0 Å². The Bertz CT molecular complexity index is 712. The Hall–Kier alpha value is -2.54. The van der Waals surface area contributed by atoms with Crippen molar-refractivity contribution in [3.05, 3.63) is 40.9 Å². The molecule has 0 aliphatic heterocycles. The van der Waals surface area contributed by atoms with Crippen LogP contribution in [-0.4, -0.2) is 41.4 Å². The van der Waals surface area contributed by atoms with Crippen molar-refractivity contribution >= 4 is 22.7 Å². The maximum atomic E-state index is 11.6. The minimum atomic E-state index is -0.866. The highest BCUT2D eigenvalue weighted by atomic mass is 16.5. The minimum Gasteiger partial charge on any atom is -0.422 e. The van der Waals surface area contributed by atoms with E-state index in [2.05, 4.69) is 5.32 Å². The first-order valence-electron chi connectivity index (χ1n) is 5.94. The van der Waals surface area contributed by atoms with Crippen LogP contribution in [0.2, 0.25) is 0 Å². The summed E-state index contributed by atoms with van der Waals surface area (Å²) in [6.45, 7) is 0.657. The summed E-state index contributed by atoms with van der Waals surface area (Å²) in [5.74, 6) is -1.16. The molecule has 2 N–H and O–H groups in total. The molecule has 0 fully saturated rings. The summed E-state index contributed by atoms with van der Waals surface area (Å²) in [5.41, 5.74) is 0.907. The molecule has 0 spiro atoms. The minimum absolute atomic E-state index is 0.199. The van der Waals surface area contributed by atoms with E-state index in [1.54, 1.807) is 12.1 Å². The van der Waals surface area contributed by atoms with Crippen LogP contribution in [0.15, 0.2) is 39.6 Å². The lowest BCUT2D eigenvalue weighted by Crippen LogP contribution is -2.13. The van der Waals surface area contributed by atoms with Crippen LogP contribution in [0.25, 0.3) is 11.1 Å². The van der Waals surface area contributed by atoms with Crippen molar-refractivity contribution in [2.24, 2.45) is 0 Å². The number of benzene rings is 1. The number of carbonyl (C=O) groups is 1. The van der Waals surface area contributed by atoms with Gasteiger partial charge in [-0.05, 0) is 32.3 Å². The zero-order valence-electron chi connectivity index (χ0n) is 11.2. The van der Waals surface area contributed by atoms with Crippen LogP contribution in [0, 0.1) is 0 Å². The smallest absolute Gasteiger partial charge is 0.422 e. The van der Waals surface area contributed by atoms with Crippen LogP contribution < -0.4 is 11.1 Å². The van der Waals surface area contributed by atoms with Gasteiger partial charge in [-0.3, -0.25) is 4.79 Å². The monoisotopic (exact) mass is 277 g/mol. The molecule has 7 heteroatoms. The Labute approximate surface area is 114 Å². The van der Waals surface area contributed by atoms with E-state index in [4.69, 9.17) is 4.42 Å². The molecular formula is C13H15N3O4. The number of hydrogen-bond acceptors (Lipinski definition) is 5. The number of oxazole rings is 1. The standard InChI is InChI=1S/C13H15N3O4/c1-15(2)7-3-4-12(17)14-9-5-6-11-10(8-9)16(19)13(18)20-11/h3-6,8,19H,7H2,1-2H3,(H,14,17)/b4-3+. The molecule has 1 amide bonds. The fourth-order valence-corrected chi connectivity index (χ4v) is 1.64. The highest BCUT2D eigenvalue weighted by Crippen LogP contribution is 2.17. The van der Waals surface area contributed by atoms with Crippen molar-refractivity contribution in [3.8, 4) is 0 Å². The van der Waals surface area contributed by atoms with Gasteiger partial charge in [0.2, 0.25) is 5.91 Å². The molecule has 20 heavy (non-hydrogen) atoms. The van der Waals surface area contributed by atoms with Crippen molar-refractivity contribution < 1.29 is 14.4 Å². The number of nitrogens with zero attached hydrogens (tertiary/aromatic N) is 2. The van der Waals surface area contributed by atoms with Gasteiger partial charge in [0.05, 0.1) is 0 Å². The molecule has 7 nitrogen and oxygen atoms in total. The number of hydrogen-bond donors (Lipinski definition) is 2. The predicted octanol–water partition coefficient (Wildman–Crippen LogP) is 0.888. The first kappa shape index (κ1) is 13.9. The summed E-state index contributed by atoms with van der Waals surface area (Å²) in [4.78, 5) is 24.7. The molecule has 0 radical (unpaired) electrons. The predicted molar refractivity (Wildman–Crippen MR) is 74.0 cm³/mol. The lowest BCUT2D eigenvalue weighted by atomic mass is 10.3. The highest BCUT2D eigenvalue weighted by Gasteiger charge is 2.09. The van der Waals surface area contributed by atoms with E-state index in [0.29, 0.717) is 17.0 Å². The molecule has 106 valence electrons. The molecule has 2 rings (SSSR count). The summed E-state index contributed by atoms with van der Waals surface area (Å²) < 4.78 is 5.17. The van der Waals surface area contributed by atoms with Crippen LogP contribution in [0.1, 0.15) is 0 Å². The van der Waals surface area contributed by atoms with E-state index >= 15 is 0 Å². The SMILES string of the molecule is CN(C)C/C=C/C(=O)Nc1ccc2oc(=O)n(O)c2c1. The fraction of sp³-hybridized carbons (Fsp3) is 0.231. The van der Waals surface area contributed by atoms with Crippen LogP contribution >= 0.6 is 0 Å². The fourth-order valence-electron chi connectivity index (χ4n) is 1.64. The maximum absolute atomic E-state index is 11.6. The van der Waals surface area contributed by atoms with Crippen LogP contribution in [0.5, 0.6) is 0 Å². The van der Waals surface area contributed by atoms with Gasteiger partial charge in [0.15, 0.2) is 5.58 Å². The molecule has 0 saturated carbocycles. The van der Waals surface area contributed by atoms with Crippen molar-refractivity contribution in [3.63, 3.8) is 0 Å².